The van der Waals surface area contributed by atoms with E-state index in [0.29, 0.717) is 6.04 Å². The summed E-state index contributed by atoms with van der Waals surface area (Å²) in [5.74, 6) is 4.38. The fourth-order valence-electron chi connectivity index (χ4n) is 5.39. The number of hydrogen-bond donors (Lipinski definition) is 1. The quantitative estimate of drug-likeness (QED) is 0.837. The minimum absolute atomic E-state index is 0.484. The molecule has 0 radical (unpaired) electrons. The topological polar surface area (TPSA) is 29.3 Å². The highest BCUT2D eigenvalue weighted by atomic mass is 15.2. The molecule has 0 aromatic heterocycles. The molecule has 2 N–H and O–H groups in total. The highest BCUT2D eigenvalue weighted by Gasteiger charge is 2.44. The maximum atomic E-state index is 6.41. The van der Waals surface area contributed by atoms with Gasteiger partial charge in [0.2, 0.25) is 0 Å². The first-order chi connectivity index (χ1) is 9.56. The minimum Gasteiger partial charge on any atom is -0.327 e. The van der Waals surface area contributed by atoms with E-state index in [4.69, 9.17) is 5.73 Å². The molecule has 116 valence electrons. The van der Waals surface area contributed by atoms with Crippen molar-refractivity contribution in [2.45, 2.75) is 71.4 Å². The molecular weight excluding hydrogens is 244 g/mol. The Kier molecular flexibility index (Phi) is 4.42. The molecule has 6 atom stereocenters. The van der Waals surface area contributed by atoms with E-state index >= 15 is 0 Å². The molecule has 6 unspecified atom stereocenters. The maximum Gasteiger partial charge on any atom is 0.0129 e. The first-order valence-electron chi connectivity index (χ1n) is 9.06. The Morgan fingerprint density at radius 1 is 1.05 bits per heavy atom. The minimum atomic E-state index is 0.484. The zero-order chi connectivity index (χ0) is 14.3. The second-order valence-electron chi connectivity index (χ2n) is 8.37. The molecule has 0 bridgehead atoms. The van der Waals surface area contributed by atoms with Gasteiger partial charge in [-0.1, -0.05) is 33.6 Å². The van der Waals surface area contributed by atoms with E-state index in [1.54, 1.807) is 0 Å². The van der Waals surface area contributed by atoms with E-state index in [1.807, 2.05) is 0 Å². The standard InChI is InChI=1S/C18H34N2/c1-12(2)15-8-7-13(3)9-18(15)20-10-14-5-4-6-17(19)16(14)11-20/h12-18H,4-11,19H2,1-3H3. The van der Waals surface area contributed by atoms with Crippen LogP contribution in [0.15, 0.2) is 0 Å². The van der Waals surface area contributed by atoms with Crippen LogP contribution in [-0.2, 0) is 0 Å². The van der Waals surface area contributed by atoms with Crippen LogP contribution in [0.1, 0.15) is 59.3 Å². The zero-order valence-electron chi connectivity index (χ0n) is 13.7. The Hall–Kier alpha value is -0.0800. The lowest BCUT2D eigenvalue weighted by Crippen LogP contribution is -2.45. The molecule has 3 aliphatic rings. The summed E-state index contributed by atoms with van der Waals surface area (Å²) in [6.07, 6.45) is 8.39. The average Bonchev–Trinajstić information content (AvgIpc) is 2.83. The number of nitrogens with two attached hydrogens (primary N) is 1. The molecule has 20 heavy (non-hydrogen) atoms. The Bertz CT molecular complexity index is 327. The van der Waals surface area contributed by atoms with Crippen molar-refractivity contribution in [2.24, 2.45) is 35.3 Å². The number of nitrogens with zero attached hydrogens (tertiary/aromatic N) is 1. The van der Waals surface area contributed by atoms with Crippen molar-refractivity contribution in [1.29, 1.82) is 0 Å². The molecule has 2 aliphatic carbocycles. The second-order valence-corrected chi connectivity index (χ2v) is 8.37. The molecule has 1 aliphatic heterocycles. The smallest absolute Gasteiger partial charge is 0.0129 e. The lowest BCUT2D eigenvalue weighted by molar-refractivity contribution is 0.0721. The summed E-state index contributed by atoms with van der Waals surface area (Å²) in [6.45, 7) is 9.97. The lowest BCUT2D eigenvalue weighted by atomic mass is 9.73. The molecular formula is C18H34N2. The van der Waals surface area contributed by atoms with E-state index in [0.717, 1.165) is 35.6 Å². The van der Waals surface area contributed by atoms with E-state index in [2.05, 4.69) is 25.7 Å². The van der Waals surface area contributed by atoms with Gasteiger partial charge in [-0.2, -0.15) is 0 Å². The van der Waals surface area contributed by atoms with Gasteiger partial charge in [-0.25, -0.2) is 0 Å². The summed E-state index contributed by atoms with van der Waals surface area (Å²) in [5, 5.41) is 0. The van der Waals surface area contributed by atoms with Gasteiger partial charge in [0.1, 0.15) is 0 Å². The molecule has 1 saturated heterocycles. The summed E-state index contributed by atoms with van der Waals surface area (Å²) < 4.78 is 0. The van der Waals surface area contributed by atoms with Gasteiger partial charge in [0.15, 0.2) is 0 Å². The predicted molar refractivity (Wildman–Crippen MR) is 85.5 cm³/mol. The summed E-state index contributed by atoms with van der Waals surface area (Å²) in [5.41, 5.74) is 6.41. The van der Waals surface area contributed by atoms with Gasteiger partial charge in [-0.3, -0.25) is 4.90 Å². The van der Waals surface area contributed by atoms with E-state index < -0.39 is 0 Å². The highest BCUT2D eigenvalue weighted by Crippen LogP contribution is 2.42. The predicted octanol–water partition coefficient (Wildman–Crippen LogP) is 3.51. The fourth-order valence-corrected chi connectivity index (χ4v) is 5.39. The molecule has 0 spiro atoms. The summed E-state index contributed by atoms with van der Waals surface area (Å²) in [4.78, 5) is 2.86. The molecule has 0 aromatic rings. The molecule has 2 nitrogen and oxygen atoms in total. The first kappa shape index (κ1) is 14.8. The van der Waals surface area contributed by atoms with Crippen LogP contribution in [0.2, 0.25) is 0 Å². The van der Waals surface area contributed by atoms with Crippen LogP contribution in [0.5, 0.6) is 0 Å². The fraction of sp³-hybridized carbons (Fsp3) is 1.00. The van der Waals surface area contributed by atoms with Crippen molar-refractivity contribution in [3.63, 3.8) is 0 Å². The number of likely N-dealkylation sites (tertiary alicyclic amines) is 1. The largest absolute Gasteiger partial charge is 0.327 e. The summed E-state index contributed by atoms with van der Waals surface area (Å²) >= 11 is 0. The molecule has 3 rings (SSSR count). The molecule has 3 fully saturated rings. The maximum absolute atomic E-state index is 6.41. The van der Waals surface area contributed by atoms with E-state index in [1.165, 1.54) is 51.6 Å². The second kappa shape index (κ2) is 5.96. The van der Waals surface area contributed by atoms with Crippen LogP contribution < -0.4 is 5.73 Å². The van der Waals surface area contributed by atoms with Gasteiger partial charge in [-0.15, -0.1) is 0 Å². The van der Waals surface area contributed by atoms with Crippen LogP contribution >= 0.6 is 0 Å². The Balaban J connectivity index is 1.71. The average molecular weight is 278 g/mol. The molecule has 0 aromatic carbocycles. The monoisotopic (exact) mass is 278 g/mol. The van der Waals surface area contributed by atoms with Crippen molar-refractivity contribution in [2.75, 3.05) is 13.1 Å². The Morgan fingerprint density at radius 2 is 1.85 bits per heavy atom. The molecule has 1 heterocycles. The van der Waals surface area contributed by atoms with Gasteiger partial charge in [-0.05, 0) is 55.3 Å². The van der Waals surface area contributed by atoms with Crippen LogP contribution in [-0.4, -0.2) is 30.1 Å². The van der Waals surface area contributed by atoms with Gasteiger partial charge in [0, 0.05) is 25.2 Å². The van der Waals surface area contributed by atoms with Gasteiger partial charge >= 0.3 is 0 Å². The van der Waals surface area contributed by atoms with Gasteiger partial charge < -0.3 is 5.73 Å². The highest BCUT2D eigenvalue weighted by molar-refractivity contribution is 4.98. The van der Waals surface area contributed by atoms with E-state index in [-0.39, 0.29) is 0 Å². The third-order valence-electron chi connectivity index (χ3n) is 6.64. The van der Waals surface area contributed by atoms with Crippen molar-refractivity contribution in [3.05, 3.63) is 0 Å². The molecule has 2 heteroatoms. The van der Waals surface area contributed by atoms with Crippen molar-refractivity contribution < 1.29 is 0 Å². The number of rotatable bonds is 2. The number of hydrogen-bond acceptors (Lipinski definition) is 2. The summed E-state index contributed by atoms with van der Waals surface area (Å²) in [7, 11) is 0. The third kappa shape index (κ3) is 2.78. The lowest BCUT2D eigenvalue weighted by Gasteiger charge is -2.42. The zero-order valence-corrected chi connectivity index (χ0v) is 13.7. The van der Waals surface area contributed by atoms with Gasteiger partial charge in [0.25, 0.3) is 0 Å². The summed E-state index contributed by atoms with van der Waals surface area (Å²) in [6, 6.07) is 1.33. The first-order valence-corrected chi connectivity index (χ1v) is 9.06. The van der Waals surface area contributed by atoms with E-state index in [9.17, 15) is 0 Å². The van der Waals surface area contributed by atoms with Crippen molar-refractivity contribution >= 4 is 0 Å². The third-order valence-corrected chi connectivity index (χ3v) is 6.64. The van der Waals surface area contributed by atoms with Crippen molar-refractivity contribution in [1.82, 2.24) is 4.90 Å². The van der Waals surface area contributed by atoms with Crippen LogP contribution in [0.4, 0.5) is 0 Å². The Labute approximate surface area is 125 Å². The van der Waals surface area contributed by atoms with Crippen LogP contribution in [0, 0.1) is 29.6 Å². The normalized spacial score (nSPS) is 46.6. The van der Waals surface area contributed by atoms with Crippen molar-refractivity contribution in [3.8, 4) is 0 Å². The SMILES string of the molecule is CC1CCC(C(C)C)C(N2CC3CCCC(N)C3C2)C1. The molecule has 0 amide bonds. The van der Waals surface area contributed by atoms with Crippen LogP contribution in [0.3, 0.4) is 0 Å². The van der Waals surface area contributed by atoms with Crippen LogP contribution in [0.25, 0.3) is 0 Å². The van der Waals surface area contributed by atoms with Gasteiger partial charge in [0.05, 0.1) is 0 Å². The Morgan fingerprint density at radius 3 is 2.55 bits per heavy atom. The molecule has 2 saturated carbocycles. The number of fused-ring (bicyclic) bond motifs is 1.